The minimum absolute atomic E-state index is 0.0593. The molecule has 1 amide bonds. The highest BCUT2D eigenvalue weighted by molar-refractivity contribution is 7.99. The Hall–Kier alpha value is -1.49. The number of benzene rings is 1. The maximum absolute atomic E-state index is 11.5. The van der Waals surface area contributed by atoms with E-state index in [0.29, 0.717) is 24.6 Å². The highest BCUT2D eigenvalue weighted by Gasteiger charge is 2.07. The van der Waals surface area contributed by atoms with Gasteiger partial charge < -0.3 is 10.4 Å². The number of carboxylic acids is 1. The van der Waals surface area contributed by atoms with Crippen molar-refractivity contribution in [1.29, 1.82) is 0 Å². The Morgan fingerprint density at radius 2 is 1.95 bits per heavy atom. The average molecular weight is 281 g/mol. The van der Waals surface area contributed by atoms with Gasteiger partial charge in [0.2, 0.25) is 5.91 Å². The van der Waals surface area contributed by atoms with Crippen LogP contribution in [0.25, 0.3) is 0 Å². The maximum Gasteiger partial charge on any atom is 0.335 e. The lowest BCUT2D eigenvalue weighted by Gasteiger charge is -2.09. The first-order valence-electron chi connectivity index (χ1n) is 6.14. The summed E-state index contributed by atoms with van der Waals surface area (Å²) in [6, 6.07) is 6.71. The molecule has 0 saturated carbocycles. The van der Waals surface area contributed by atoms with Crippen LogP contribution in [0.2, 0.25) is 0 Å². The number of hydrogen-bond acceptors (Lipinski definition) is 3. The Bertz CT molecular complexity index is 431. The Labute approximate surface area is 117 Å². The molecule has 104 valence electrons. The van der Waals surface area contributed by atoms with Crippen molar-refractivity contribution in [1.82, 2.24) is 5.32 Å². The topological polar surface area (TPSA) is 66.4 Å². The van der Waals surface area contributed by atoms with Crippen molar-refractivity contribution in [3.05, 3.63) is 35.4 Å². The van der Waals surface area contributed by atoms with Crippen LogP contribution in [0.15, 0.2) is 24.3 Å². The predicted molar refractivity (Wildman–Crippen MR) is 77.7 cm³/mol. The second kappa shape index (κ2) is 7.84. The van der Waals surface area contributed by atoms with Crippen LogP contribution in [0.1, 0.15) is 29.3 Å². The van der Waals surface area contributed by atoms with Crippen LogP contribution in [0.3, 0.4) is 0 Å². The van der Waals surface area contributed by atoms with Crippen LogP contribution in [0.5, 0.6) is 0 Å². The first kappa shape index (κ1) is 15.6. The summed E-state index contributed by atoms with van der Waals surface area (Å²) in [4.78, 5) is 22.2. The van der Waals surface area contributed by atoms with E-state index in [1.807, 2.05) is 13.2 Å². The van der Waals surface area contributed by atoms with Gasteiger partial charge in [-0.05, 0) is 30.4 Å². The molecule has 1 aromatic carbocycles. The number of carbonyl (C=O) groups excluding carboxylic acids is 1. The summed E-state index contributed by atoms with van der Waals surface area (Å²) >= 11 is 1.67. The zero-order chi connectivity index (χ0) is 14.3. The van der Waals surface area contributed by atoms with E-state index in [0.717, 1.165) is 5.56 Å². The number of aromatic carboxylic acids is 1. The smallest absolute Gasteiger partial charge is 0.335 e. The van der Waals surface area contributed by atoms with E-state index in [4.69, 9.17) is 5.11 Å². The van der Waals surface area contributed by atoms with Crippen LogP contribution in [0.4, 0.5) is 0 Å². The van der Waals surface area contributed by atoms with Gasteiger partial charge in [-0.25, -0.2) is 4.79 Å². The lowest BCUT2D eigenvalue weighted by Crippen LogP contribution is -2.27. The van der Waals surface area contributed by atoms with Crippen molar-refractivity contribution < 1.29 is 14.7 Å². The van der Waals surface area contributed by atoms with E-state index in [1.165, 1.54) is 0 Å². The standard InChI is InChI=1S/C14H19NO3S/c1-10(19-2)9-13(16)15-8-7-11-3-5-12(6-4-11)14(17)18/h3-6,10H,7-9H2,1-2H3,(H,15,16)(H,17,18). The molecule has 1 atom stereocenters. The number of thioether (sulfide) groups is 1. The Balaban J connectivity index is 2.33. The van der Waals surface area contributed by atoms with Crippen LogP contribution in [-0.2, 0) is 11.2 Å². The van der Waals surface area contributed by atoms with Gasteiger partial charge in [0.25, 0.3) is 0 Å². The van der Waals surface area contributed by atoms with Gasteiger partial charge in [-0.3, -0.25) is 4.79 Å². The van der Waals surface area contributed by atoms with E-state index in [1.54, 1.807) is 36.0 Å². The second-order valence-electron chi connectivity index (χ2n) is 4.35. The summed E-state index contributed by atoms with van der Waals surface area (Å²) in [6.45, 7) is 2.60. The molecule has 0 fully saturated rings. The van der Waals surface area contributed by atoms with Gasteiger partial charge in [-0.1, -0.05) is 19.1 Å². The molecule has 5 heteroatoms. The van der Waals surface area contributed by atoms with Gasteiger partial charge in [0, 0.05) is 18.2 Å². The van der Waals surface area contributed by atoms with Crippen LogP contribution in [-0.4, -0.2) is 35.0 Å². The predicted octanol–water partition coefficient (Wildman–Crippen LogP) is 2.19. The Kier molecular flexibility index (Phi) is 6.42. The summed E-state index contributed by atoms with van der Waals surface area (Å²) < 4.78 is 0. The molecule has 1 rings (SSSR count). The minimum atomic E-state index is -0.925. The van der Waals surface area contributed by atoms with Crippen molar-refractivity contribution in [2.75, 3.05) is 12.8 Å². The molecule has 1 aromatic rings. The van der Waals surface area contributed by atoms with Crippen molar-refractivity contribution in [2.24, 2.45) is 0 Å². The zero-order valence-electron chi connectivity index (χ0n) is 11.2. The Morgan fingerprint density at radius 3 is 2.47 bits per heavy atom. The van der Waals surface area contributed by atoms with Gasteiger partial charge in [-0.2, -0.15) is 11.8 Å². The monoisotopic (exact) mass is 281 g/mol. The molecular weight excluding hydrogens is 262 g/mol. The van der Waals surface area contributed by atoms with E-state index in [9.17, 15) is 9.59 Å². The molecule has 4 nitrogen and oxygen atoms in total. The first-order valence-corrected chi connectivity index (χ1v) is 7.43. The van der Waals surface area contributed by atoms with E-state index in [2.05, 4.69) is 5.32 Å². The summed E-state index contributed by atoms with van der Waals surface area (Å²) in [5.74, 6) is -0.866. The molecule has 0 spiro atoms. The lowest BCUT2D eigenvalue weighted by atomic mass is 10.1. The fraction of sp³-hybridized carbons (Fsp3) is 0.429. The summed E-state index contributed by atoms with van der Waals surface area (Å²) in [6.07, 6.45) is 3.22. The van der Waals surface area contributed by atoms with Gasteiger partial charge in [0.1, 0.15) is 0 Å². The first-order chi connectivity index (χ1) is 9.02. The number of carbonyl (C=O) groups is 2. The average Bonchev–Trinajstić information content (AvgIpc) is 2.39. The number of hydrogen-bond donors (Lipinski definition) is 2. The summed E-state index contributed by atoms with van der Waals surface area (Å²) in [5.41, 5.74) is 1.30. The Morgan fingerprint density at radius 1 is 1.32 bits per heavy atom. The number of rotatable bonds is 7. The third-order valence-electron chi connectivity index (χ3n) is 2.81. The molecular formula is C14H19NO3S. The zero-order valence-corrected chi connectivity index (χ0v) is 12.0. The number of amides is 1. The molecule has 0 bridgehead atoms. The molecule has 0 aliphatic heterocycles. The maximum atomic E-state index is 11.5. The molecule has 0 aliphatic rings. The molecule has 0 heterocycles. The highest BCUT2D eigenvalue weighted by Crippen LogP contribution is 2.09. The number of nitrogens with one attached hydrogen (secondary N) is 1. The SMILES string of the molecule is CSC(C)CC(=O)NCCc1ccc(C(=O)O)cc1. The van der Waals surface area contributed by atoms with E-state index in [-0.39, 0.29) is 11.5 Å². The number of carboxylic acid groups (broad SMARTS) is 1. The lowest BCUT2D eigenvalue weighted by molar-refractivity contribution is -0.120. The summed E-state index contributed by atoms with van der Waals surface area (Å²) in [5, 5.41) is 12.0. The van der Waals surface area contributed by atoms with Crippen LogP contribution < -0.4 is 5.32 Å². The van der Waals surface area contributed by atoms with Gasteiger partial charge >= 0.3 is 5.97 Å². The van der Waals surface area contributed by atoms with E-state index < -0.39 is 5.97 Å². The normalized spacial score (nSPS) is 11.9. The molecule has 0 aliphatic carbocycles. The van der Waals surface area contributed by atoms with Crippen LogP contribution in [0, 0.1) is 0 Å². The van der Waals surface area contributed by atoms with Crippen molar-refractivity contribution in [3.8, 4) is 0 Å². The molecule has 0 aromatic heterocycles. The quantitative estimate of drug-likeness (QED) is 0.804. The molecule has 2 N–H and O–H groups in total. The van der Waals surface area contributed by atoms with Gasteiger partial charge in [-0.15, -0.1) is 0 Å². The largest absolute Gasteiger partial charge is 0.478 e. The third kappa shape index (κ3) is 5.79. The van der Waals surface area contributed by atoms with Crippen LogP contribution >= 0.6 is 11.8 Å². The molecule has 1 unspecified atom stereocenters. The van der Waals surface area contributed by atoms with Gasteiger partial charge in [0.15, 0.2) is 0 Å². The van der Waals surface area contributed by atoms with Crippen molar-refractivity contribution >= 4 is 23.6 Å². The molecule has 0 saturated heterocycles. The van der Waals surface area contributed by atoms with Gasteiger partial charge in [0.05, 0.1) is 5.56 Å². The molecule has 0 radical (unpaired) electrons. The second-order valence-corrected chi connectivity index (χ2v) is 5.63. The third-order valence-corrected chi connectivity index (χ3v) is 3.78. The van der Waals surface area contributed by atoms with Crippen molar-refractivity contribution in [3.63, 3.8) is 0 Å². The molecule has 19 heavy (non-hydrogen) atoms. The fourth-order valence-electron chi connectivity index (χ4n) is 1.58. The highest BCUT2D eigenvalue weighted by atomic mass is 32.2. The van der Waals surface area contributed by atoms with E-state index >= 15 is 0 Å². The minimum Gasteiger partial charge on any atom is -0.478 e. The van der Waals surface area contributed by atoms with Crippen molar-refractivity contribution in [2.45, 2.75) is 25.0 Å². The fourth-order valence-corrected chi connectivity index (χ4v) is 1.89. The summed E-state index contributed by atoms with van der Waals surface area (Å²) in [7, 11) is 0.